The first-order valence-corrected chi connectivity index (χ1v) is 9.57. The molecule has 2 nitrogen and oxygen atoms in total. The molecule has 0 heterocycles. The number of fused-ring (bicyclic) bond motifs is 1. The lowest BCUT2D eigenvalue weighted by Crippen LogP contribution is -2.13. The van der Waals surface area contributed by atoms with E-state index >= 15 is 0 Å². The molecule has 3 rings (SSSR count). The Labute approximate surface area is 180 Å². The van der Waals surface area contributed by atoms with Crippen molar-refractivity contribution in [3.63, 3.8) is 0 Å². The van der Waals surface area contributed by atoms with Crippen LogP contribution >= 0.6 is 0 Å². The van der Waals surface area contributed by atoms with Crippen molar-refractivity contribution in [1.82, 2.24) is 0 Å². The van der Waals surface area contributed by atoms with Crippen LogP contribution in [0.5, 0.6) is 5.75 Å². The minimum absolute atomic E-state index is 0.101. The summed E-state index contributed by atoms with van der Waals surface area (Å²) in [5.41, 5.74) is 0.971. The van der Waals surface area contributed by atoms with E-state index in [9.17, 15) is 13.2 Å². The molecule has 1 aliphatic rings. The van der Waals surface area contributed by atoms with E-state index in [0.29, 0.717) is 22.5 Å². The Morgan fingerprint density at radius 1 is 1.10 bits per heavy atom. The lowest BCUT2D eigenvalue weighted by molar-refractivity contribution is -0.0935. The number of terminal acetylenes is 1. The molecule has 0 atom stereocenters. The van der Waals surface area contributed by atoms with Crippen molar-refractivity contribution in [3.05, 3.63) is 89.1 Å². The van der Waals surface area contributed by atoms with E-state index in [-0.39, 0.29) is 19.4 Å². The van der Waals surface area contributed by atoms with Crippen LogP contribution in [0.1, 0.15) is 25.3 Å². The zero-order chi connectivity index (χ0) is 22.9. The van der Waals surface area contributed by atoms with Crippen LogP contribution in [0, 0.1) is 24.2 Å². The number of benzene rings is 2. The standard InChI is InChI=1S/C24H20F3NO.C2H2/c1-2-3-4-5-6-21-12-18(13-23(21)24(25,26)27)16-29-22-10-9-19-11-17(15-28)7-8-20(19)14-22;1-2/h2-5,7-12,14H,6,13,16H2,1H3;1-2H/b3-2-,5-4-;. The van der Waals surface area contributed by atoms with E-state index in [1.807, 2.05) is 31.2 Å². The maximum atomic E-state index is 13.4. The van der Waals surface area contributed by atoms with Crippen LogP contribution in [0.2, 0.25) is 0 Å². The first-order valence-electron chi connectivity index (χ1n) is 9.57. The van der Waals surface area contributed by atoms with E-state index < -0.39 is 11.7 Å². The first-order chi connectivity index (χ1) is 14.9. The highest BCUT2D eigenvalue weighted by molar-refractivity contribution is 5.85. The second kappa shape index (κ2) is 10.9. The Balaban J connectivity index is 0.00000166. The Hall–Kier alpha value is -3.70. The molecule has 0 radical (unpaired) electrons. The lowest BCUT2D eigenvalue weighted by atomic mass is 10.1. The van der Waals surface area contributed by atoms with Gasteiger partial charge >= 0.3 is 6.18 Å². The van der Waals surface area contributed by atoms with Crippen molar-refractivity contribution in [2.75, 3.05) is 6.61 Å². The summed E-state index contributed by atoms with van der Waals surface area (Å²) in [5, 5.41) is 10.8. The summed E-state index contributed by atoms with van der Waals surface area (Å²) in [5.74, 6) is 0.582. The van der Waals surface area contributed by atoms with Gasteiger partial charge in [-0.05, 0) is 59.5 Å². The normalized spacial score (nSPS) is 13.9. The molecule has 2 aromatic carbocycles. The van der Waals surface area contributed by atoms with Gasteiger partial charge in [0.15, 0.2) is 0 Å². The van der Waals surface area contributed by atoms with Gasteiger partial charge in [-0.25, -0.2) is 0 Å². The number of nitriles is 1. The molecule has 0 saturated heterocycles. The molecule has 2 aromatic rings. The number of rotatable bonds is 6. The predicted molar refractivity (Wildman–Crippen MR) is 118 cm³/mol. The topological polar surface area (TPSA) is 33.0 Å². The highest BCUT2D eigenvalue weighted by atomic mass is 19.4. The largest absolute Gasteiger partial charge is 0.489 e. The smallest absolute Gasteiger partial charge is 0.413 e. The molecule has 1 aliphatic carbocycles. The Morgan fingerprint density at radius 3 is 2.48 bits per heavy atom. The Kier molecular flexibility index (Phi) is 8.29. The molecule has 0 aromatic heterocycles. The molecule has 0 fully saturated rings. The molecule has 0 amide bonds. The van der Waals surface area contributed by atoms with Gasteiger partial charge in [0.2, 0.25) is 0 Å². The molecular formula is C26H22F3NO. The molecule has 0 spiro atoms. The molecular weight excluding hydrogens is 399 g/mol. The molecule has 0 aliphatic heterocycles. The predicted octanol–water partition coefficient (Wildman–Crippen LogP) is 7.05. The number of hydrogen-bond acceptors (Lipinski definition) is 2. The van der Waals surface area contributed by atoms with Crippen molar-refractivity contribution < 1.29 is 17.9 Å². The van der Waals surface area contributed by atoms with E-state index in [0.717, 1.165) is 10.8 Å². The molecule has 158 valence electrons. The first kappa shape index (κ1) is 23.6. The van der Waals surface area contributed by atoms with Gasteiger partial charge in [0.25, 0.3) is 0 Å². The van der Waals surface area contributed by atoms with Crippen molar-refractivity contribution in [2.24, 2.45) is 0 Å². The van der Waals surface area contributed by atoms with Crippen LogP contribution < -0.4 is 4.74 Å². The highest BCUT2D eigenvalue weighted by Crippen LogP contribution is 2.39. The SMILES string of the molecule is C#C.C/C=C\C=C/CC1=C(C(F)(F)F)CC(COc2ccc3cc(C#N)ccc3c2)=C1. The molecule has 5 heteroatoms. The number of hydrogen-bond donors (Lipinski definition) is 0. The number of alkyl halides is 3. The van der Waals surface area contributed by atoms with Crippen LogP contribution in [0.25, 0.3) is 10.8 Å². The van der Waals surface area contributed by atoms with Gasteiger partial charge in [-0.3, -0.25) is 0 Å². The fourth-order valence-corrected chi connectivity index (χ4v) is 3.23. The van der Waals surface area contributed by atoms with Crippen molar-refractivity contribution in [2.45, 2.75) is 25.9 Å². The lowest BCUT2D eigenvalue weighted by Gasteiger charge is -2.12. The fraction of sp³-hybridized carbons (Fsp3) is 0.192. The molecule has 0 bridgehead atoms. The second-order valence-corrected chi connectivity index (χ2v) is 6.76. The molecule has 0 saturated carbocycles. The monoisotopic (exact) mass is 421 g/mol. The second-order valence-electron chi connectivity index (χ2n) is 6.76. The summed E-state index contributed by atoms with van der Waals surface area (Å²) in [4.78, 5) is 0. The quantitative estimate of drug-likeness (QED) is 0.370. The van der Waals surface area contributed by atoms with Gasteiger partial charge in [0.1, 0.15) is 12.4 Å². The number of ether oxygens (including phenoxy) is 1. The molecule has 31 heavy (non-hydrogen) atoms. The van der Waals surface area contributed by atoms with Gasteiger partial charge in [0, 0.05) is 12.0 Å². The van der Waals surface area contributed by atoms with Crippen LogP contribution in [-0.4, -0.2) is 12.8 Å². The van der Waals surface area contributed by atoms with Gasteiger partial charge in [0.05, 0.1) is 11.6 Å². The summed E-state index contributed by atoms with van der Waals surface area (Å²) in [6, 6.07) is 12.9. The van der Waals surface area contributed by atoms with E-state index in [1.54, 1.807) is 42.5 Å². The van der Waals surface area contributed by atoms with Crippen molar-refractivity contribution >= 4 is 10.8 Å². The minimum atomic E-state index is -4.34. The summed E-state index contributed by atoms with van der Waals surface area (Å²) in [6.45, 7) is 1.95. The molecule has 0 unspecified atom stereocenters. The maximum absolute atomic E-state index is 13.4. The summed E-state index contributed by atoms with van der Waals surface area (Å²) < 4.78 is 45.8. The summed E-state index contributed by atoms with van der Waals surface area (Å²) in [7, 11) is 0. The zero-order valence-electron chi connectivity index (χ0n) is 17.1. The number of nitrogens with zero attached hydrogens (tertiary/aromatic N) is 1. The maximum Gasteiger partial charge on any atom is 0.413 e. The van der Waals surface area contributed by atoms with Crippen molar-refractivity contribution in [1.29, 1.82) is 5.26 Å². The third-order valence-electron chi connectivity index (χ3n) is 4.65. The number of halogens is 3. The van der Waals surface area contributed by atoms with Crippen LogP contribution in [0.15, 0.2) is 83.5 Å². The third kappa shape index (κ3) is 6.39. The van der Waals surface area contributed by atoms with Gasteiger partial charge in [-0.1, -0.05) is 42.5 Å². The third-order valence-corrected chi connectivity index (χ3v) is 4.65. The summed E-state index contributed by atoms with van der Waals surface area (Å²) in [6.07, 6.45) is 12.4. The Bertz CT molecular complexity index is 1110. The zero-order valence-corrected chi connectivity index (χ0v) is 17.1. The fourth-order valence-electron chi connectivity index (χ4n) is 3.23. The van der Waals surface area contributed by atoms with Crippen LogP contribution in [0.3, 0.4) is 0 Å². The Morgan fingerprint density at radius 2 is 1.81 bits per heavy atom. The number of allylic oxidation sites excluding steroid dienone is 7. The average Bonchev–Trinajstić information content (AvgIpc) is 3.20. The molecule has 0 N–H and O–H groups in total. The highest BCUT2D eigenvalue weighted by Gasteiger charge is 2.38. The van der Waals surface area contributed by atoms with Gasteiger partial charge < -0.3 is 4.74 Å². The van der Waals surface area contributed by atoms with Crippen molar-refractivity contribution in [3.8, 4) is 24.7 Å². The van der Waals surface area contributed by atoms with Crippen LogP contribution in [0.4, 0.5) is 13.2 Å². The average molecular weight is 421 g/mol. The van der Waals surface area contributed by atoms with E-state index in [4.69, 9.17) is 10.00 Å². The summed E-state index contributed by atoms with van der Waals surface area (Å²) >= 11 is 0. The van der Waals surface area contributed by atoms with E-state index in [1.165, 1.54) is 0 Å². The van der Waals surface area contributed by atoms with Gasteiger partial charge in [-0.15, -0.1) is 12.8 Å². The minimum Gasteiger partial charge on any atom is -0.489 e. The van der Waals surface area contributed by atoms with Gasteiger partial charge in [-0.2, -0.15) is 18.4 Å². The van der Waals surface area contributed by atoms with E-state index in [2.05, 4.69) is 18.9 Å². The van der Waals surface area contributed by atoms with Crippen LogP contribution in [-0.2, 0) is 0 Å².